The van der Waals surface area contributed by atoms with Gasteiger partial charge in [0.05, 0.1) is 17.5 Å². The molecule has 4 aliphatic rings. The minimum absolute atomic E-state index is 0.266. The van der Waals surface area contributed by atoms with Crippen molar-refractivity contribution in [1.82, 2.24) is 5.32 Å². The average molecular weight is 519 g/mol. The van der Waals surface area contributed by atoms with E-state index < -0.39 is 0 Å². The van der Waals surface area contributed by atoms with Crippen LogP contribution in [-0.4, -0.2) is 11.8 Å². The highest BCUT2D eigenvalue weighted by Gasteiger charge is 2.28. The van der Waals surface area contributed by atoms with Crippen molar-refractivity contribution in [3.8, 4) is 0 Å². The normalized spacial score (nSPS) is 24.1. The van der Waals surface area contributed by atoms with Gasteiger partial charge in [-0.1, -0.05) is 103 Å². The third-order valence-electron chi connectivity index (χ3n) is 8.55. The number of nitrogens with one attached hydrogen (secondary N) is 1. The van der Waals surface area contributed by atoms with Gasteiger partial charge in [0.2, 0.25) is 0 Å². The van der Waals surface area contributed by atoms with Crippen LogP contribution in [0.15, 0.2) is 137 Å². The first-order valence-corrected chi connectivity index (χ1v) is 14.3. The second kappa shape index (κ2) is 9.95. The average Bonchev–Trinajstić information content (AvgIpc) is 3.65. The van der Waals surface area contributed by atoms with Gasteiger partial charge < -0.3 is 5.32 Å². The maximum Gasteiger partial charge on any atom is 0.0737 e. The van der Waals surface area contributed by atoms with Crippen LogP contribution in [-0.2, 0) is 0 Å². The van der Waals surface area contributed by atoms with Crippen LogP contribution in [0.25, 0.3) is 16.3 Å². The highest BCUT2D eigenvalue weighted by atomic mass is 15.0. The molecule has 1 N–H and O–H groups in total. The number of aliphatic imine (C=N–C) groups is 1. The maximum atomic E-state index is 5.24. The van der Waals surface area contributed by atoms with E-state index in [1.54, 1.807) is 0 Å². The van der Waals surface area contributed by atoms with Crippen molar-refractivity contribution in [3.05, 3.63) is 160 Å². The molecule has 0 saturated heterocycles. The molecule has 40 heavy (non-hydrogen) atoms. The zero-order chi connectivity index (χ0) is 27.2. The molecular formula is C38H34N2. The summed E-state index contributed by atoms with van der Waals surface area (Å²) in [7, 11) is 0. The van der Waals surface area contributed by atoms with Crippen molar-refractivity contribution < 1.29 is 0 Å². The minimum Gasteiger partial charge on any atom is -0.378 e. The molecule has 0 bridgehead atoms. The molecule has 3 atom stereocenters. The molecule has 3 unspecified atom stereocenters. The lowest BCUT2D eigenvalue weighted by atomic mass is 9.81. The van der Waals surface area contributed by atoms with Gasteiger partial charge in [-0.2, -0.15) is 0 Å². The first-order valence-electron chi connectivity index (χ1n) is 14.3. The highest BCUT2D eigenvalue weighted by molar-refractivity contribution is 6.13. The van der Waals surface area contributed by atoms with Crippen LogP contribution >= 0.6 is 0 Å². The standard InChI is InChI=1S/C38H34N2/c1-24-20-25(2)37(26(3)21-24)38(35-18-16-33(39-35)31-14-12-27-8-4-6-10-29(27)22-31)36-19-17-34(40-36)32-15-13-28-9-5-7-11-30(28)23-32/h4-16,18-23,28,30,34,40H,17H2,1-3H3/b38-35+. The second-order valence-corrected chi connectivity index (χ2v) is 11.4. The topological polar surface area (TPSA) is 24.4 Å². The predicted molar refractivity (Wildman–Crippen MR) is 169 cm³/mol. The van der Waals surface area contributed by atoms with Crippen LogP contribution < -0.4 is 5.32 Å². The largest absolute Gasteiger partial charge is 0.378 e. The Bertz CT molecular complexity index is 1760. The van der Waals surface area contributed by atoms with Gasteiger partial charge >= 0.3 is 0 Å². The molecule has 0 aromatic heterocycles. The number of benzene rings is 3. The molecule has 2 nitrogen and oxygen atoms in total. The molecule has 2 aliphatic carbocycles. The minimum atomic E-state index is 0.266. The van der Waals surface area contributed by atoms with E-state index in [1.807, 2.05) is 0 Å². The fourth-order valence-corrected chi connectivity index (χ4v) is 6.65. The maximum absolute atomic E-state index is 5.24. The monoisotopic (exact) mass is 518 g/mol. The zero-order valence-corrected chi connectivity index (χ0v) is 23.4. The molecule has 3 aromatic rings. The SMILES string of the molecule is Cc1cc(C)c(/C(C2=CCC(C3=CC4C=CC=CC4C=C3)N2)=C2\C=CC(c3ccc4ccccc4c3)=N2)c(C)c1. The lowest BCUT2D eigenvalue weighted by Crippen LogP contribution is -2.27. The summed E-state index contributed by atoms with van der Waals surface area (Å²) >= 11 is 0. The molecule has 0 fully saturated rings. The molecule has 0 saturated carbocycles. The van der Waals surface area contributed by atoms with Crippen molar-refractivity contribution >= 4 is 22.1 Å². The summed E-state index contributed by atoms with van der Waals surface area (Å²) in [5.41, 5.74) is 12.1. The van der Waals surface area contributed by atoms with Crippen molar-refractivity contribution in [2.45, 2.75) is 33.2 Å². The molecule has 2 aliphatic heterocycles. The molecular weight excluding hydrogens is 484 g/mol. The van der Waals surface area contributed by atoms with E-state index in [0.717, 1.165) is 23.4 Å². The molecule has 0 spiro atoms. The van der Waals surface area contributed by atoms with E-state index >= 15 is 0 Å². The van der Waals surface area contributed by atoms with Crippen molar-refractivity contribution in [2.75, 3.05) is 0 Å². The van der Waals surface area contributed by atoms with Crippen LogP contribution in [0.1, 0.15) is 34.2 Å². The van der Waals surface area contributed by atoms with Crippen molar-refractivity contribution in [3.63, 3.8) is 0 Å². The van der Waals surface area contributed by atoms with Gasteiger partial charge in [-0.05, 0) is 78.4 Å². The summed E-state index contributed by atoms with van der Waals surface area (Å²) in [6.07, 6.45) is 23.8. The van der Waals surface area contributed by atoms with Crippen LogP contribution in [0.5, 0.6) is 0 Å². The van der Waals surface area contributed by atoms with Crippen LogP contribution in [0, 0.1) is 32.6 Å². The first-order chi connectivity index (χ1) is 19.5. The number of aryl methyl sites for hydroxylation is 3. The van der Waals surface area contributed by atoms with Crippen molar-refractivity contribution in [1.29, 1.82) is 0 Å². The second-order valence-electron chi connectivity index (χ2n) is 11.4. The summed E-state index contributed by atoms with van der Waals surface area (Å²) in [4.78, 5) is 5.24. The van der Waals surface area contributed by atoms with Gasteiger partial charge in [-0.15, -0.1) is 0 Å². The molecule has 196 valence electrons. The Morgan fingerprint density at radius 1 is 0.800 bits per heavy atom. The summed E-state index contributed by atoms with van der Waals surface area (Å²) in [5.74, 6) is 0.923. The van der Waals surface area contributed by atoms with Crippen LogP contribution in [0.3, 0.4) is 0 Å². The number of hydrogen-bond acceptors (Lipinski definition) is 2. The van der Waals surface area contributed by atoms with E-state index in [2.05, 4.69) is 141 Å². The Labute approximate surface area is 237 Å². The molecule has 0 amide bonds. The third-order valence-corrected chi connectivity index (χ3v) is 8.55. The van der Waals surface area contributed by atoms with E-state index in [1.165, 1.54) is 49.9 Å². The van der Waals surface area contributed by atoms with Crippen LogP contribution in [0.4, 0.5) is 0 Å². The predicted octanol–water partition coefficient (Wildman–Crippen LogP) is 8.64. The molecule has 2 heteroatoms. The lowest BCUT2D eigenvalue weighted by Gasteiger charge is -2.26. The summed E-state index contributed by atoms with van der Waals surface area (Å²) in [5, 5.41) is 6.40. The van der Waals surface area contributed by atoms with Crippen molar-refractivity contribution in [2.24, 2.45) is 16.8 Å². The van der Waals surface area contributed by atoms with Gasteiger partial charge in [0.25, 0.3) is 0 Å². The van der Waals surface area contributed by atoms with Gasteiger partial charge in [0, 0.05) is 28.7 Å². The van der Waals surface area contributed by atoms with Gasteiger partial charge in [-0.25, -0.2) is 4.99 Å². The summed E-state index contributed by atoms with van der Waals surface area (Å²) < 4.78 is 0. The fraction of sp³-hybridized carbons (Fsp3) is 0.184. The molecule has 3 aromatic carbocycles. The van der Waals surface area contributed by atoms with E-state index in [-0.39, 0.29) is 6.04 Å². The van der Waals surface area contributed by atoms with E-state index in [9.17, 15) is 0 Å². The lowest BCUT2D eigenvalue weighted by molar-refractivity contribution is 0.628. The molecule has 0 radical (unpaired) electrons. The fourth-order valence-electron chi connectivity index (χ4n) is 6.65. The number of allylic oxidation sites excluding steroid dienone is 9. The Morgan fingerprint density at radius 2 is 1.57 bits per heavy atom. The van der Waals surface area contributed by atoms with Gasteiger partial charge in [-0.3, -0.25) is 0 Å². The Kier molecular flexibility index (Phi) is 6.12. The zero-order valence-electron chi connectivity index (χ0n) is 23.4. The number of hydrogen-bond donors (Lipinski definition) is 1. The van der Waals surface area contributed by atoms with E-state index in [4.69, 9.17) is 4.99 Å². The van der Waals surface area contributed by atoms with Gasteiger partial charge in [0.1, 0.15) is 0 Å². The Morgan fingerprint density at radius 3 is 2.40 bits per heavy atom. The van der Waals surface area contributed by atoms with Gasteiger partial charge in [0.15, 0.2) is 0 Å². The molecule has 7 rings (SSSR count). The first kappa shape index (κ1) is 24.6. The number of rotatable bonds is 4. The molecule has 2 heterocycles. The van der Waals surface area contributed by atoms with Crippen LogP contribution in [0.2, 0.25) is 0 Å². The number of nitrogens with zero attached hydrogens (tertiary/aromatic N) is 1. The van der Waals surface area contributed by atoms with E-state index in [0.29, 0.717) is 11.8 Å². The smallest absolute Gasteiger partial charge is 0.0737 e. The summed E-state index contributed by atoms with van der Waals surface area (Å²) in [6.45, 7) is 6.63. The Hall–Kier alpha value is -4.43. The highest BCUT2D eigenvalue weighted by Crippen LogP contribution is 2.38. The third kappa shape index (κ3) is 4.44. The summed E-state index contributed by atoms with van der Waals surface area (Å²) in [6, 6.07) is 20.0. The number of fused-ring (bicyclic) bond motifs is 2. The quantitative estimate of drug-likeness (QED) is 0.367. The Balaban J connectivity index is 1.28.